The summed E-state index contributed by atoms with van der Waals surface area (Å²) >= 11 is 1.11. The summed E-state index contributed by atoms with van der Waals surface area (Å²) in [6.45, 7) is -0.0164. The van der Waals surface area contributed by atoms with E-state index in [1.807, 2.05) is 0 Å². The average Bonchev–Trinajstić information content (AvgIpc) is 3.06. The Morgan fingerprint density at radius 2 is 1.77 bits per heavy atom. The maximum Gasteiger partial charge on any atom is 0.265 e. The van der Waals surface area contributed by atoms with E-state index >= 15 is 0 Å². The van der Waals surface area contributed by atoms with Crippen LogP contribution in [-0.4, -0.2) is 5.91 Å². The van der Waals surface area contributed by atoms with Crippen LogP contribution in [-0.2, 0) is 6.61 Å². The molecule has 0 radical (unpaired) electrons. The van der Waals surface area contributed by atoms with Gasteiger partial charge < -0.3 is 10.1 Å². The summed E-state index contributed by atoms with van der Waals surface area (Å²) in [4.78, 5) is 12.4. The highest BCUT2D eigenvalue weighted by Crippen LogP contribution is 2.22. The maximum atomic E-state index is 13.5. The van der Waals surface area contributed by atoms with Gasteiger partial charge in [0.15, 0.2) is 23.2 Å². The van der Waals surface area contributed by atoms with Crippen LogP contribution in [0.15, 0.2) is 47.8 Å². The quantitative estimate of drug-likeness (QED) is 0.622. The van der Waals surface area contributed by atoms with E-state index in [2.05, 4.69) is 5.32 Å². The van der Waals surface area contributed by atoms with Gasteiger partial charge in [-0.3, -0.25) is 4.79 Å². The molecule has 0 unspecified atom stereocenters. The number of rotatable bonds is 5. The van der Waals surface area contributed by atoms with Crippen LogP contribution in [0.1, 0.15) is 15.2 Å². The van der Waals surface area contributed by atoms with Crippen molar-refractivity contribution in [2.24, 2.45) is 0 Å². The number of amides is 1. The van der Waals surface area contributed by atoms with Crippen molar-refractivity contribution < 1.29 is 27.1 Å². The third-order valence-electron chi connectivity index (χ3n) is 3.34. The Hall–Kier alpha value is -2.87. The van der Waals surface area contributed by atoms with Gasteiger partial charge >= 0.3 is 0 Å². The molecular weight excluding hydrogens is 370 g/mol. The molecule has 0 saturated heterocycles. The lowest BCUT2D eigenvalue weighted by Crippen LogP contribution is -2.10. The minimum atomic E-state index is -1.07. The molecule has 3 nitrogen and oxygen atoms in total. The Morgan fingerprint density at radius 3 is 2.50 bits per heavy atom. The van der Waals surface area contributed by atoms with Crippen LogP contribution < -0.4 is 10.1 Å². The fraction of sp³-hybridized carbons (Fsp3) is 0.0556. The number of nitrogens with one attached hydrogen (secondary N) is 1. The molecule has 0 atom stereocenters. The number of thiophene rings is 1. The van der Waals surface area contributed by atoms with Gasteiger partial charge in [-0.2, -0.15) is 0 Å². The predicted molar refractivity (Wildman–Crippen MR) is 89.3 cm³/mol. The second-order valence-electron chi connectivity index (χ2n) is 5.27. The molecule has 2 aromatic carbocycles. The molecule has 3 aromatic rings. The number of halogens is 4. The Balaban J connectivity index is 1.63. The van der Waals surface area contributed by atoms with E-state index in [1.54, 1.807) is 5.38 Å². The normalized spacial score (nSPS) is 10.6. The lowest BCUT2D eigenvalue weighted by atomic mass is 10.2. The maximum absolute atomic E-state index is 13.5. The molecule has 0 spiro atoms. The SMILES string of the molecule is O=C(Nc1ccc(F)c(F)c1)c1cc(COc2ccc(F)cc2F)cs1. The first-order valence-electron chi connectivity index (χ1n) is 7.34. The van der Waals surface area contributed by atoms with Crippen molar-refractivity contribution in [3.63, 3.8) is 0 Å². The Bertz CT molecular complexity index is 958. The number of ether oxygens (including phenoxy) is 1. The van der Waals surface area contributed by atoms with Crippen molar-refractivity contribution in [1.29, 1.82) is 0 Å². The van der Waals surface area contributed by atoms with Crippen molar-refractivity contribution in [3.8, 4) is 5.75 Å². The highest BCUT2D eigenvalue weighted by molar-refractivity contribution is 7.12. The van der Waals surface area contributed by atoms with E-state index in [-0.39, 0.29) is 18.0 Å². The van der Waals surface area contributed by atoms with Crippen molar-refractivity contribution in [2.45, 2.75) is 6.61 Å². The molecule has 1 amide bonds. The fourth-order valence-corrected chi connectivity index (χ4v) is 2.88. The molecular formula is C18H11F4NO2S. The van der Waals surface area contributed by atoms with Crippen molar-refractivity contribution >= 4 is 22.9 Å². The van der Waals surface area contributed by atoms with Gasteiger partial charge in [0.25, 0.3) is 5.91 Å². The Kier molecular flexibility index (Phi) is 5.22. The minimum absolute atomic E-state index is 0.0164. The molecule has 134 valence electrons. The number of carbonyl (C=O) groups excluding carboxylic acids is 1. The summed E-state index contributed by atoms with van der Waals surface area (Å²) in [5.41, 5.74) is 0.725. The number of hydrogen-bond acceptors (Lipinski definition) is 3. The summed E-state index contributed by atoms with van der Waals surface area (Å²) in [5, 5.41) is 4.09. The summed E-state index contributed by atoms with van der Waals surface area (Å²) in [6, 6.07) is 7.52. The van der Waals surface area contributed by atoms with Crippen molar-refractivity contribution in [3.05, 3.63) is 81.6 Å². The molecule has 0 bridgehead atoms. The number of benzene rings is 2. The summed E-state index contributed by atoms with van der Waals surface area (Å²) in [6.07, 6.45) is 0. The van der Waals surface area contributed by atoms with Crippen LogP contribution in [0.5, 0.6) is 5.75 Å². The summed E-state index contributed by atoms with van der Waals surface area (Å²) in [5.74, 6) is -4.21. The molecule has 0 aliphatic heterocycles. The van der Waals surface area contributed by atoms with E-state index in [4.69, 9.17) is 4.74 Å². The van der Waals surface area contributed by atoms with Gasteiger partial charge in [0, 0.05) is 23.4 Å². The van der Waals surface area contributed by atoms with E-state index < -0.39 is 29.2 Å². The van der Waals surface area contributed by atoms with E-state index in [9.17, 15) is 22.4 Å². The standard InChI is InChI=1S/C18H11F4NO2S/c19-11-1-4-16(15(22)6-11)25-8-10-5-17(26-9-10)18(24)23-12-2-3-13(20)14(21)7-12/h1-7,9H,8H2,(H,23,24). The van der Waals surface area contributed by atoms with E-state index in [0.717, 1.165) is 29.5 Å². The predicted octanol–water partition coefficient (Wildman–Crippen LogP) is 5.14. The third-order valence-corrected chi connectivity index (χ3v) is 4.32. The molecule has 3 rings (SSSR count). The lowest BCUT2D eigenvalue weighted by Gasteiger charge is -2.06. The smallest absolute Gasteiger partial charge is 0.265 e. The molecule has 8 heteroatoms. The van der Waals surface area contributed by atoms with Crippen molar-refractivity contribution in [1.82, 2.24) is 0 Å². The average molecular weight is 381 g/mol. The fourth-order valence-electron chi connectivity index (χ4n) is 2.09. The van der Waals surface area contributed by atoms with E-state index in [0.29, 0.717) is 16.5 Å². The molecule has 1 aromatic heterocycles. The van der Waals surface area contributed by atoms with Gasteiger partial charge in [-0.05, 0) is 35.7 Å². The van der Waals surface area contributed by atoms with E-state index in [1.165, 1.54) is 18.2 Å². The Labute approximate surface area is 149 Å². The van der Waals surface area contributed by atoms with Gasteiger partial charge in [-0.25, -0.2) is 17.6 Å². The molecule has 1 N–H and O–H groups in total. The first kappa shape index (κ1) is 17.9. The highest BCUT2D eigenvalue weighted by atomic mass is 32.1. The van der Waals surface area contributed by atoms with Gasteiger partial charge in [0.05, 0.1) is 4.88 Å². The second-order valence-corrected chi connectivity index (χ2v) is 6.18. The molecule has 26 heavy (non-hydrogen) atoms. The number of anilines is 1. The number of carbonyl (C=O) groups is 1. The van der Waals surface area contributed by atoms with Crippen LogP contribution in [0, 0.1) is 23.3 Å². The zero-order chi connectivity index (χ0) is 18.7. The topological polar surface area (TPSA) is 38.3 Å². The minimum Gasteiger partial charge on any atom is -0.486 e. The van der Waals surface area contributed by atoms with Crippen LogP contribution >= 0.6 is 11.3 Å². The molecule has 1 heterocycles. The Morgan fingerprint density at radius 1 is 0.962 bits per heavy atom. The molecule has 0 aliphatic carbocycles. The van der Waals surface area contributed by atoms with Crippen LogP contribution in [0.25, 0.3) is 0 Å². The molecule has 0 saturated carbocycles. The van der Waals surface area contributed by atoms with Crippen LogP contribution in [0.2, 0.25) is 0 Å². The number of hydrogen-bond donors (Lipinski definition) is 1. The van der Waals surface area contributed by atoms with Gasteiger partial charge in [0.2, 0.25) is 0 Å². The van der Waals surface area contributed by atoms with Crippen LogP contribution in [0.4, 0.5) is 23.2 Å². The first-order chi connectivity index (χ1) is 12.4. The van der Waals surface area contributed by atoms with Gasteiger partial charge in [0.1, 0.15) is 12.4 Å². The third kappa shape index (κ3) is 4.20. The second kappa shape index (κ2) is 7.57. The zero-order valence-corrected chi connectivity index (χ0v) is 13.9. The lowest BCUT2D eigenvalue weighted by molar-refractivity contribution is 0.103. The molecule has 0 fully saturated rings. The van der Waals surface area contributed by atoms with Gasteiger partial charge in [-0.15, -0.1) is 11.3 Å². The highest BCUT2D eigenvalue weighted by Gasteiger charge is 2.12. The largest absolute Gasteiger partial charge is 0.486 e. The first-order valence-corrected chi connectivity index (χ1v) is 8.22. The summed E-state index contributed by atoms with van der Waals surface area (Å²) in [7, 11) is 0. The summed E-state index contributed by atoms with van der Waals surface area (Å²) < 4.78 is 57.7. The van der Waals surface area contributed by atoms with Crippen molar-refractivity contribution in [2.75, 3.05) is 5.32 Å². The van der Waals surface area contributed by atoms with Crippen LogP contribution in [0.3, 0.4) is 0 Å². The zero-order valence-electron chi connectivity index (χ0n) is 13.1. The van der Waals surface area contributed by atoms with Gasteiger partial charge in [-0.1, -0.05) is 0 Å². The monoisotopic (exact) mass is 381 g/mol. The molecule has 0 aliphatic rings.